The molecule has 2 bridgehead atoms. The van der Waals surface area contributed by atoms with Crippen LogP contribution in [0.4, 0.5) is 0 Å². The molecule has 4 unspecified atom stereocenters. The minimum absolute atomic E-state index is 0.0397. The Morgan fingerprint density at radius 3 is 2.26 bits per heavy atom. The molecule has 2 fully saturated rings. The Hall–Kier alpha value is -1.65. The molecule has 1 heterocycles. The number of carbonyl (C=O) groups excluding carboxylic acids is 2. The lowest BCUT2D eigenvalue weighted by atomic mass is 9.85. The van der Waals surface area contributed by atoms with E-state index in [1.165, 1.54) is 4.90 Å². The van der Waals surface area contributed by atoms with Crippen molar-refractivity contribution in [3.8, 4) is 0 Å². The highest BCUT2D eigenvalue weighted by atomic mass is 16.4. The number of amides is 2. The van der Waals surface area contributed by atoms with Crippen LogP contribution in [0.25, 0.3) is 0 Å². The predicted octanol–water partition coefficient (Wildman–Crippen LogP) is 1.05. The lowest BCUT2D eigenvalue weighted by Crippen LogP contribution is -2.33. The lowest BCUT2D eigenvalue weighted by Gasteiger charge is -2.16. The summed E-state index contributed by atoms with van der Waals surface area (Å²) in [6.07, 6.45) is 6.27. The molecule has 1 saturated carbocycles. The maximum atomic E-state index is 12.3. The summed E-state index contributed by atoms with van der Waals surface area (Å²) in [7, 11) is 0. The first kappa shape index (κ1) is 12.4. The van der Waals surface area contributed by atoms with E-state index in [0.29, 0.717) is 19.4 Å². The second-order valence-electron chi connectivity index (χ2n) is 5.68. The number of carboxylic acids is 1. The lowest BCUT2D eigenvalue weighted by molar-refractivity contribution is -0.140. The second kappa shape index (κ2) is 4.47. The first-order valence-electron chi connectivity index (χ1n) is 6.85. The number of carbonyl (C=O) groups is 3. The summed E-state index contributed by atoms with van der Waals surface area (Å²) in [5, 5.41) is 8.56. The van der Waals surface area contributed by atoms with E-state index in [-0.39, 0.29) is 41.9 Å². The number of likely N-dealkylation sites (tertiary alicyclic amines) is 1. The molecule has 5 heteroatoms. The molecular weight excluding hydrogens is 246 g/mol. The molecule has 0 aromatic rings. The Labute approximate surface area is 111 Å². The van der Waals surface area contributed by atoms with Gasteiger partial charge >= 0.3 is 5.97 Å². The average molecular weight is 263 g/mol. The van der Waals surface area contributed by atoms with Gasteiger partial charge in [0.1, 0.15) is 0 Å². The highest BCUT2D eigenvalue weighted by molar-refractivity contribution is 6.06. The van der Waals surface area contributed by atoms with Crippen LogP contribution in [0, 0.1) is 23.7 Å². The van der Waals surface area contributed by atoms with Gasteiger partial charge in [-0.3, -0.25) is 19.3 Å². The van der Waals surface area contributed by atoms with Crippen molar-refractivity contribution in [2.45, 2.75) is 25.7 Å². The van der Waals surface area contributed by atoms with Gasteiger partial charge in [-0.1, -0.05) is 12.2 Å². The van der Waals surface area contributed by atoms with Crippen molar-refractivity contribution in [1.29, 1.82) is 0 Å². The first-order valence-corrected chi connectivity index (χ1v) is 6.85. The Balaban J connectivity index is 1.61. The molecular formula is C14H17NO4. The van der Waals surface area contributed by atoms with E-state index < -0.39 is 5.97 Å². The Morgan fingerprint density at radius 2 is 1.74 bits per heavy atom. The minimum atomic E-state index is -0.835. The summed E-state index contributed by atoms with van der Waals surface area (Å²) in [6.45, 7) is 0.372. The average Bonchev–Trinajstić information content (AvgIpc) is 3.02. The van der Waals surface area contributed by atoms with Crippen LogP contribution >= 0.6 is 0 Å². The van der Waals surface area contributed by atoms with E-state index >= 15 is 0 Å². The molecule has 1 N–H and O–H groups in total. The number of allylic oxidation sites excluding steroid dienone is 2. The third kappa shape index (κ3) is 1.88. The molecule has 3 aliphatic rings. The fraction of sp³-hybridized carbons (Fsp3) is 0.643. The Kier molecular flexibility index (Phi) is 2.92. The number of nitrogens with zero attached hydrogens (tertiary/aromatic N) is 1. The van der Waals surface area contributed by atoms with Gasteiger partial charge in [-0.15, -0.1) is 0 Å². The summed E-state index contributed by atoms with van der Waals surface area (Å²) in [6, 6.07) is 0. The zero-order chi connectivity index (χ0) is 13.6. The second-order valence-corrected chi connectivity index (χ2v) is 5.68. The van der Waals surface area contributed by atoms with Crippen LogP contribution in [-0.2, 0) is 14.4 Å². The first-order chi connectivity index (χ1) is 9.09. The smallest absolute Gasteiger partial charge is 0.303 e. The standard InChI is InChI=1S/C14H17NO4/c16-10(17)3-1-2-6-15-13(18)11-8-4-5-9(7-8)12(11)14(15)19/h4-5,8-9,11-12H,1-3,6-7H2,(H,16,17). The highest BCUT2D eigenvalue weighted by Gasteiger charge is 2.58. The van der Waals surface area contributed by atoms with Crippen molar-refractivity contribution < 1.29 is 19.5 Å². The van der Waals surface area contributed by atoms with Gasteiger partial charge in [-0.05, 0) is 31.1 Å². The number of imide groups is 1. The van der Waals surface area contributed by atoms with Crippen molar-refractivity contribution in [3.05, 3.63) is 12.2 Å². The van der Waals surface area contributed by atoms with Gasteiger partial charge in [0.25, 0.3) is 0 Å². The van der Waals surface area contributed by atoms with Crippen LogP contribution in [0.3, 0.4) is 0 Å². The summed E-state index contributed by atoms with van der Waals surface area (Å²) in [5.41, 5.74) is 0. The number of rotatable bonds is 5. The van der Waals surface area contributed by atoms with E-state index in [9.17, 15) is 14.4 Å². The van der Waals surface area contributed by atoms with Gasteiger partial charge in [0.2, 0.25) is 11.8 Å². The van der Waals surface area contributed by atoms with Gasteiger partial charge in [0, 0.05) is 13.0 Å². The van der Waals surface area contributed by atoms with E-state index in [2.05, 4.69) is 12.2 Å². The number of carboxylic acid groups (broad SMARTS) is 1. The van der Waals surface area contributed by atoms with Crippen LogP contribution in [-0.4, -0.2) is 34.3 Å². The van der Waals surface area contributed by atoms with Gasteiger partial charge < -0.3 is 5.11 Å². The SMILES string of the molecule is O=C(O)CCCCN1C(=O)C2C3C=CC(C3)C2C1=O. The monoisotopic (exact) mass is 263 g/mol. The number of fused-ring (bicyclic) bond motifs is 5. The molecule has 5 nitrogen and oxygen atoms in total. The molecule has 2 aliphatic carbocycles. The van der Waals surface area contributed by atoms with Crippen LogP contribution in [0.5, 0.6) is 0 Å². The fourth-order valence-electron chi connectivity index (χ4n) is 3.73. The van der Waals surface area contributed by atoms with Crippen LogP contribution in [0.15, 0.2) is 12.2 Å². The summed E-state index contributed by atoms with van der Waals surface area (Å²) in [4.78, 5) is 36.3. The minimum Gasteiger partial charge on any atom is -0.481 e. The Bertz CT molecular complexity index is 440. The van der Waals surface area contributed by atoms with Crippen LogP contribution in [0.1, 0.15) is 25.7 Å². The van der Waals surface area contributed by atoms with Crippen molar-refractivity contribution in [1.82, 2.24) is 4.90 Å². The molecule has 2 amide bonds. The molecule has 1 saturated heterocycles. The third-order valence-corrected chi connectivity index (χ3v) is 4.58. The predicted molar refractivity (Wildman–Crippen MR) is 65.9 cm³/mol. The van der Waals surface area contributed by atoms with Gasteiger partial charge in [-0.25, -0.2) is 0 Å². The molecule has 3 rings (SSSR count). The third-order valence-electron chi connectivity index (χ3n) is 4.58. The molecule has 19 heavy (non-hydrogen) atoms. The van der Waals surface area contributed by atoms with Crippen molar-refractivity contribution >= 4 is 17.8 Å². The van der Waals surface area contributed by atoms with Crippen molar-refractivity contribution in [2.75, 3.05) is 6.54 Å². The number of aliphatic carboxylic acids is 1. The summed E-state index contributed by atoms with van der Waals surface area (Å²) >= 11 is 0. The van der Waals surface area contributed by atoms with Crippen LogP contribution in [0.2, 0.25) is 0 Å². The molecule has 0 aromatic heterocycles. The number of hydrogen-bond acceptors (Lipinski definition) is 3. The van der Waals surface area contributed by atoms with E-state index in [4.69, 9.17) is 5.11 Å². The maximum Gasteiger partial charge on any atom is 0.303 e. The molecule has 0 radical (unpaired) electrons. The summed E-state index contributed by atoms with van der Waals surface area (Å²) in [5.74, 6) is -0.697. The fourth-order valence-corrected chi connectivity index (χ4v) is 3.73. The zero-order valence-corrected chi connectivity index (χ0v) is 10.6. The topological polar surface area (TPSA) is 74.7 Å². The number of hydrogen-bond donors (Lipinski definition) is 1. The van der Waals surface area contributed by atoms with Crippen molar-refractivity contribution in [2.24, 2.45) is 23.7 Å². The normalized spacial score (nSPS) is 35.3. The quantitative estimate of drug-likeness (QED) is 0.457. The molecule has 0 spiro atoms. The van der Waals surface area contributed by atoms with Gasteiger partial charge in [0.05, 0.1) is 11.8 Å². The Morgan fingerprint density at radius 1 is 1.16 bits per heavy atom. The highest BCUT2D eigenvalue weighted by Crippen LogP contribution is 2.52. The number of unbranched alkanes of at least 4 members (excludes halogenated alkanes) is 1. The van der Waals surface area contributed by atoms with E-state index in [1.54, 1.807) is 0 Å². The zero-order valence-electron chi connectivity index (χ0n) is 10.6. The van der Waals surface area contributed by atoms with Gasteiger partial charge in [0.15, 0.2) is 0 Å². The summed E-state index contributed by atoms with van der Waals surface area (Å²) < 4.78 is 0. The van der Waals surface area contributed by atoms with E-state index in [0.717, 1.165) is 6.42 Å². The van der Waals surface area contributed by atoms with Gasteiger partial charge in [-0.2, -0.15) is 0 Å². The molecule has 1 aliphatic heterocycles. The molecule has 4 atom stereocenters. The molecule has 102 valence electrons. The van der Waals surface area contributed by atoms with Crippen LogP contribution < -0.4 is 0 Å². The van der Waals surface area contributed by atoms with E-state index in [1.807, 2.05) is 0 Å². The largest absolute Gasteiger partial charge is 0.481 e. The maximum absolute atomic E-state index is 12.3. The van der Waals surface area contributed by atoms with Crippen molar-refractivity contribution in [3.63, 3.8) is 0 Å². The molecule has 0 aromatic carbocycles.